The average Bonchev–Trinajstić information content (AvgIpc) is 3.22. The van der Waals surface area contributed by atoms with Gasteiger partial charge in [-0.05, 0) is 31.9 Å². The summed E-state index contributed by atoms with van der Waals surface area (Å²) in [4.78, 5) is 11.1. The lowest BCUT2D eigenvalue weighted by Crippen LogP contribution is -2.41. The second-order valence-corrected chi connectivity index (χ2v) is 6.25. The molecule has 6 nitrogen and oxygen atoms in total. The zero-order valence-corrected chi connectivity index (χ0v) is 16.6. The Hall–Kier alpha value is -1.09. The van der Waals surface area contributed by atoms with Crippen LogP contribution in [-0.2, 0) is 4.74 Å². The topological polar surface area (TPSA) is 59.0 Å². The summed E-state index contributed by atoms with van der Waals surface area (Å²) in [5, 5.41) is 3.40. The van der Waals surface area contributed by atoms with Gasteiger partial charge in [-0.15, -0.1) is 24.0 Å². The summed E-state index contributed by atoms with van der Waals surface area (Å²) in [7, 11) is 0. The van der Waals surface area contributed by atoms with Crippen molar-refractivity contribution in [3.05, 3.63) is 24.5 Å². The Bertz CT molecular complexity index is 521. The van der Waals surface area contributed by atoms with Crippen molar-refractivity contribution in [1.82, 2.24) is 15.2 Å². The Labute approximate surface area is 161 Å². The van der Waals surface area contributed by atoms with Crippen molar-refractivity contribution >= 4 is 29.9 Å². The molecule has 1 aromatic heterocycles. The predicted molar refractivity (Wildman–Crippen MR) is 105 cm³/mol. The molecule has 0 amide bonds. The number of rotatable bonds is 5. The molecule has 2 saturated heterocycles. The van der Waals surface area contributed by atoms with Crippen LogP contribution in [-0.4, -0.2) is 61.8 Å². The third kappa shape index (κ3) is 4.95. The van der Waals surface area contributed by atoms with Gasteiger partial charge in [0.2, 0.25) is 0 Å². The van der Waals surface area contributed by atoms with Gasteiger partial charge in [0, 0.05) is 37.9 Å². The Balaban J connectivity index is 0.00000208. The highest BCUT2D eigenvalue weighted by molar-refractivity contribution is 14.0. The Morgan fingerprint density at radius 1 is 1.50 bits per heavy atom. The van der Waals surface area contributed by atoms with E-state index in [0.717, 1.165) is 44.6 Å². The van der Waals surface area contributed by atoms with Crippen molar-refractivity contribution in [3.63, 3.8) is 0 Å². The number of hydrogen-bond donors (Lipinski definition) is 1. The molecule has 3 rings (SSSR count). The van der Waals surface area contributed by atoms with Crippen LogP contribution in [0.5, 0.6) is 5.75 Å². The van der Waals surface area contributed by atoms with Crippen LogP contribution < -0.4 is 10.1 Å². The third-order valence-electron chi connectivity index (χ3n) is 4.51. The molecule has 0 bridgehead atoms. The fourth-order valence-electron chi connectivity index (χ4n) is 3.26. The van der Waals surface area contributed by atoms with Gasteiger partial charge in [0.05, 0.1) is 19.3 Å². The van der Waals surface area contributed by atoms with E-state index in [2.05, 4.69) is 22.1 Å². The van der Waals surface area contributed by atoms with E-state index in [9.17, 15) is 0 Å². The highest BCUT2D eigenvalue weighted by atomic mass is 127. The number of guanidine groups is 1. The molecule has 1 N–H and O–H groups in total. The lowest BCUT2D eigenvalue weighted by molar-refractivity contribution is 0.156. The van der Waals surface area contributed by atoms with E-state index in [0.29, 0.717) is 18.6 Å². The van der Waals surface area contributed by atoms with Crippen LogP contribution in [0.2, 0.25) is 0 Å². The Morgan fingerprint density at radius 3 is 3.12 bits per heavy atom. The van der Waals surface area contributed by atoms with Gasteiger partial charge in [-0.1, -0.05) is 0 Å². The summed E-state index contributed by atoms with van der Waals surface area (Å²) < 4.78 is 11.3. The van der Waals surface area contributed by atoms with Gasteiger partial charge in [-0.25, -0.2) is 4.99 Å². The Kier molecular flexibility index (Phi) is 7.54. The number of likely N-dealkylation sites (tertiary alicyclic amines) is 1. The minimum absolute atomic E-state index is 0. The van der Waals surface area contributed by atoms with Crippen molar-refractivity contribution in [2.45, 2.75) is 19.8 Å². The molecule has 7 heteroatoms. The summed E-state index contributed by atoms with van der Waals surface area (Å²) in [5.74, 6) is 1.78. The molecule has 1 unspecified atom stereocenters. The largest absolute Gasteiger partial charge is 0.490 e. The number of aliphatic imine (C=N–C) groups is 1. The first-order chi connectivity index (χ1) is 11.3. The van der Waals surface area contributed by atoms with E-state index < -0.39 is 0 Å². The highest BCUT2D eigenvalue weighted by Gasteiger charge is 2.42. The molecular formula is C17H27IN4O2. The zero-order chi connectivity index (χ0) is 16.0. The van der Waals surface area contributed by atoms with E-state index in [1.165, 1.54) is 12.8 Å². The molecule has 0 aromatic carbocycles. The molecule has 0 aliphatic carbocycles. The molecule has 0 saturated carbocycles. The molecule has 24 heavy (non-hydrogen) atoms. The number of pyridine rings is 1. The minimum Gasteiger partial charge on any atom is -0.490 e. The summed E-state index contributed by atoms with van der Waals surface area (Å²) in [6, 6.07) is 3.78. The maximum absolute atomic E-state index is 5.65. The fraction of sp³-hybridized carbons (Fsp3) is 0.647. The number of nitrogens with one attached hydrogen (secondary N) is 1. The fourth-order valence-corrected chi connectivity index (χ4v) is 3.26. The first-order valence-corrected chi connectivity index (χ1v) is 8.45. The molecule has 1 spiro atoms. The number of aromatic nitrogens is 1. The first-order valence-electron chi connectivity index (χ1n) is 8.45. The highest BCUT2D eigenvalue weighted by Crippen LogP contribution is 2.38. The van der Waals surface area contributed by atoms with Gasteiger partial charge in [0.1, 0.15) is 12.4 Å². The van der Waals surface area contributed by atoms with Crippen molar-refractivity contribution in [1.29, 1.82) is 0 Å². The maximum Gasteiger partial charge on any atom is 0.194 e. The van der Waals surface area contributed by atoms with Crippen LogP contribution in [0.25, 0.3) is 0 Å². The molecule has 134 valence electrons. The van der Waals surface area contributed by atoms with Gasteiger partial charge >= 0.3 is 0 Å². The van der Waals surface area contributed by atoms with Crippen molar-refractivity contribution < 1.29 is 9.47 Å². The van der Waals surface area contributed by atoms with Crippen LogP contribution in [0.1, 0.15) is 19.8 Å². The monoisotopic (exact) mass is 446 g/mol. The normalized spacial score (nSPS) is 23.4. The predicted octanol–water partition coefficient (Wildman–Crippen LogP) is 2.16. The second-order valence-electron chi connectivity index (χ2n) is 6.25. The van der Waals surface area contributed by atoms with Gasteiger partial charge in [0.15, 0.2) is 5.96 Å². The lowest BCUT2D eigenvalue weighted by Gasteiger charge is -2.25. The summed E-state index contributed by atoms with van der Waals surface area (Å²) in [5.41, 5.74) is 0.350. The van der Waals surface area contributed by atoms with E-state index in [1.54, 1.807) is 12.4 Å². The molecule has 1 aromatic rings. The van der Waals surface area contributed by atoms with Crippen LogP contribution >= 0.6 is 24.0 Å². The molecular weight excluding hydrogens is 419 g/mol. The summed E-state index contributed by atoms with van der Waals surface area (Å²) in [6.07, 6.45) is 5.83. The van der Waals surface area contributed by atoms with Crippen LogP contribution in [0, 0.1) is 5.41 Å². The number of ether oxygens (including phenoxy) is 2. The standard InChI is InChI=1S/C17H26N4O2.HI/c1-2-19-16(20-8-11-23-15-4-3-7-18-12-15)21-9-5-17(13-21)6-10-22-14-17;/h3-4,7,12H,2,5-6,8-11,13-14H2,1H3,(H,19,20);1H. The number of nitrogens with zero attached hydrogens (tertiary/aromatic N) is 3. The van der Waals surface area contributed by atoms with Crippen molar-refractivity contribution in [3.8, 4) is 5.75 Å². The summed E-state index contributed by atoms with van der Waals surface area (Å²) >= 11 is 0. The van der Waals surface area contributed by atoms with E-state index in [4.69, 9.17) is 14.5 Å². The van der Waals surface area contributed by atoms with Gasteiger partial charge < -0.3 is 19.7 Å². The summed E-state index contributed by atoms with van der Waals surface area (Å²) in [6.45, 7) is 8.07. The zero-order valence-electron chi connectivity index (χ0n) is 14.2. The van der Waals surface area contributed by atoms with Gasteiger partial charge in [-0.3, -0.25) is 4.98 Å². The molecule has 2 aliphatic heterocycles. The maximum atomic E-state index is 5.65. The molecule has 2 fully saturated rings. The minimum atomic E-state index is 0. The molecule has 1 atom stereocenters. The van der Waals surface area contributed by atoms with E-state index >= 15 is 0 Å². The van der Waals surface area contributed by atoms with Crippen LogP contribution in [0.15, 0.2) is 29.5 Å². The quantitative estimate of drug-likeness (QED) is 0.325. The van der Waals surface area contributed by atoms with Crippen LogP contribution in [0.3, 0.4) is 0 Å². The van der Waals surface area contributed by atoms with E-state index in [1.807, 2.05) is 12.1 Å². The lowest BCUT2D eigenvalue weighted by atomic mass is 9.87. The van der Waals surface area contributed by atoms with Gasteiger partial charge in [0.25, 0.3) is 0 Å². The van der Waals surface area contributed by atoms with Crippen LogP contribution in [0.4, 0.5) is 0 Å². The number of hydrogen-bond acceptors (Lipinski definition) is 4. The average molecular weight is 446 g/mol. The smallest absolute Gasteiger partial charge is 0.194 e. The van der Waals surface area contributed by atoms with Gasteiger partial charge in [-0.2, -0.15) is 0 Å². The SMILES string of the molecule is CCNC(=NCCOc1cccnc1)N1CCC2(CCOC2)C1.I. The molecule has 3 heterocycles. The number of halogens is 1. The third-order valence-corrected chi connectivity index (χ3v) is 4.51. The molecule has 2 aliphatic rings. The van der Waals surface area contributed by atoms with E-state index in [-0.39, 0.29) is 24.0 Å². The molecule has 0 radical (unpaired) electrons. The second kappa shape index (κ2) is 9.41. The van der Waals surface area contributed by atoms with Crippen molar-refractivity contribution in [2.24, 2.45) is 10.4 Å². The Morgan fingerprint density at radius 2 is 2.42 bits per heavy atom. The van der Waals surface area contributed by atoms with Crippen molar-refractivity contribution in [2.75, 3.05) is 46.0 Å². The first kappa shape index (κ1) is 19.2.